The largest absolute Gasteiger partial charge is 0.469 e. The van der Waals surface area contributed by atoms with Crippen LogP contribution in [-0.2, 0) is 9.53 Å². The first-order valence-corrected chi connectivity index (χ1v) is 9.72. The third-order valence-electron chi connectivity index (χ3n) is 6.90. The molecule has 4 aliphatic rings. The maximum Gasteiger partial charge on any atom is 0.314 e. The van der Waals surface area contributed by atoms with E-state index in [1.54, 1.807) is 0 Å². The van der Waals surface area contributed by atoms with E-state index >= 15 is 0 Å². The standard InChI is InChI=1S/C22H22ClNO2.ClH/c1-26-21(25)22-12-24-11-20(22)17-7-8-19(22)16-6-5-14(10-18(16)17)13-3-2-4-15(23)9-13;/h2-6,9-10,17,19-20,24H,7-8,11-12H2,1H3;1H. The third-order valence-corrected chi connectivity index (χ3v) is 7.14. The van der Waals surface area contributed by atoms with E-state index in [0.717, 1.165) is 36.5 Å². The summed E-state index contributed by atoms with van der Waals surface area (Å²) in [5.74, 6) is 0.967. The lowest BCUT2D eigenvalue weighted by atomic mass is 9.49. The quantitative estimate of drug-likeness (QED) is 0.732. The number of hydrogen-bond acceptors (Lipinski definition) is 3. The van der Waals surface area contributed by atoms with Gasteiger partial charge in [0, 0.05) is 17.5 Å². The van der Waals surface area contributed by atoms with Gasteiger partial charge in [-0.1, -0.05) is 41.9 Å². The van der Waals surface area contributed by atoms with Crippen molar-refractivity contribution in [3.8, 4) is 11.1 Å². The zero-order valence-corrected chi connectivity index (χ0v) is 16.8. The lowest BCUT2D eigenvalue weighted by Gasteiger charge is -2.52. The van der Waals surface area contributed by atoms with Crippen molar-refractivity contribution < 1.29 is 9.53 Å². The number of halogens is 2. The summed E-state index contributed by atoms with van der Waals surface area (Å²) in [6.07, 6.45) is 2.23. The highest BCUT2D eigenvalue weighted by Crippen LogP contribution is 2.63. The van der Waals surface area contributed by atoms with Crippen molar-refractivity contribution >= 4 is 30.0 Å². The van der Waals surface area contributed by atoms with Crippen LogP contribution in [0.15, 0.2) is 42.5 Å². The molecule has 4 unspecified atom stereocenters. The molecule has 0 radical (unpaired) electrons. The van der Waals surface area contributed by atoms with Crippen LogP contribution in [0.4, 0.5) is 0 Å². The minimum atomic E-state index is -0.387. The molecule has 1 heterocycles. The third kappa shape index (κ3) is 2.55. The van der Waals surface area contributed by atoms with Gasteiger partial charge in [0.2, 0.25) is 0 Å². The fourth-order valence-electron chi connectivity index (χ4n) is 5.86. The van der Waals surface area contributed by atoms with Crippen LogP contribution in [0, 0.1) is 11.3 Å². The number of hydrogen-bond donors (Lipinski definition) is 1. The Morgan fingerprint density at radius 3 is 2.74 bits per heavy atom. The van der Waals surface area contributed by atoms with Gasteiger partial charge in [-0.15, -0.1) is 12.4 Å². The van der Waals surface area contributed by atoms with Crippen LogP contribution in [0.2, 0.25) is 5.02 Å². The maximum atomic E-state index is 12.8. The normalized spacial score (nSPS) is 30.2. The zero-order valence-electron chi connectivity index (χ0n) is 15.2. The number of benzene rings is 2. The van der Waals surface area contributed by atoms with Crippen LogP contribution in [0.3, 0.4) is 0 Å². The number of fused-ring (bicyclic) bond motifs is 1. The Balaban J connectivity index is 0.00000180. The first-order chi connectivity index (χ1) is 12.6. The molecule has 1 saturated carbocycles. The van der Waals surface area contributed by atoms with Crippen LogP contribution < -0.4 is 5.32 Å². The number of rotatable bonds is 2. The Morgan fingerprint density at radius 1 is 1.15 bits per heavy atom. The first-order valence-electron chi connectivity index (χ1n) is 9.34. The summed E-state index contributed by atoms with van der Waals surface area (Å²) < 4.78 is 5.27. The van der Waals surface area contributed by atoms with Gasteiger partial charge in [0.15, 0.2) is 0 Å². The highest BCUT2D eigenvalue weighted by molar-refractivity contribution is 6.30. The molecule has 0 amide bonds. The summed E-state index contributed by atoms with van der Waals surface area (Å²) in [5.41, 5.74) is 4.73. The summed E-state index contributed by atoms with van der Waals surface area (Å²) in [6, 6.07) is 14.8. The molecule has 6 rings (SSSR count). The molecule has 4 atom stereocenters. The summed E-state index contributed by atoms with van der Waals surface area (Å²) in [5, 5.41) is 4.25. The topological polar surface area (TPSA) is 38.3 Å². The Hall–Kier alpha value is -1.55. The van der Waals surface area contributed by atoms with Crippen molar-refractivity contribution in [2.24, 2.45) is 11.3 Å². The van der Waals surface area contributed by atoms with Gasteiger partial charge in [0.25, 0.3) is 0 Å². The molecule has 142 valence electrons. The van der Waals surface area contributed by atoms with Gasteiger partial charge < -0.3 is 10.1 Å². The predicted octanol–water partition coefficient (Wildman–Crippen LogP) is 4.78. The second-order valence-corrected chi connectivity index (χ2v) is 8.30. The molecule has 2 aromatic carbocycles. The van der Waals surface area contributed by atoms with Crippen LogP contribution in [-0.4, -0.2) is 26.2 Å². The highest BCUT2D eigenvalue weighted by Gasteiger charge is 2.63. The SMILES string of the molecule is COC(=O)C12CNCC1C1CCC2c2ccc(-c3cccc(Cl)c3)cc21.Cl. The van der Waals surface area contributed by atoms with Gasteiger partial charge in [-0.2, -0.15) is 0 Å². The van der Waals surface area contributed by atoms with Crippen molar-refractivity contribution in [1.29, 1.82) is 0 Å². The van der Waals surface area contributed by atoms with Crippen molar-refractivity contribution in [3.05, 3.63) is 58.6 Å². The second kappa shape index (κ2) is 6.80. The first kappa shape index (κ1) is 18.8. The van der Waals surface area contributed by atoms with Crippen molar-refractivity contribution in [1.82, 2.24) is 5.32 Å². The molecular weight excluding hydrogens is 381 g/mol. The van der Waals surface area contributed by atoms with E-state index in [4.69, 9.17) is 16.3 Å². The van der Waals surface area contributed by atoms with E-state index < -0.39 is 0 Å². The van der Waals surface area contributed by atoms with Gasteiger partial charge in [-0.05, 0) is 65.6 Å². The average Bonchev–Trinajstić information content (AvgIpc) is 3.15. The molecule has 0 spiro atoms. The molecule has 1 N–H and O–H groups in total. The van der Waals surface area contributed by atoms with Gasteiger partial charge in [0.05, 0.1) is 12.5 Å². The fraction of sp³-hybridized carbons (Fsp3) is 0.409. The van der Waals surface area contributed by atoms with Crippen molar-refractivity contribution in [2.75, 3.05) is 20.2 Å². The van der Waals surface area contributed by atoms with E-state index in [1.165, 1.54) is 23.8 Å². The van der Waals surface area contributed by atoms with E-state index in [1.807, 2.05) is 18.2 Å². The highest BCUT2D eigenvalue weighted by atomic mass is 35.5. The van der Waals surface area contributed by atoms with Gasteiger partial charge in [-0.3, -0.25) is 4.79 Å². The van der Waals surface area contributed by atoms with Crippen molar-refractivity contribution in [2.45, 2.75) is 24.7 Å². The van der Waals surface area contributed by atoms with Crippen LogP contribution in [0.25, 0.3) is 11.1 Å². The van der Waals surface area contributed by atoms with Gasteiger partial charge >= 0.3 is 5.97 Å². The Labute approximate surface area is 170 Å². The molecule has 0 aromatic heterocycles. The smallest absolute Gasteiger partial charge is 0.314 e. The fourth-order valence-corrected chi connectivity index (χ4v) is 6.05. The summed E-state index contributed by atoms with van der Waals surface area (Å²) in [4.78, 5) is 12.8. The van der Waals surface area contributed by atoms with E-state index in [0.29, 0.717) is 11.8 Å². The summed E-state index contributed by atoms with van der Waals surface area (Å²) >= 11 is 6.18. The lowest BCUT2D eigenvalue weighted by molar-refractivity contribution is -0.159. The summed E-state index contributed by atoms with van der Waals surface area (Å²) in [7, 11) is 1.53. The van der Waals surface area contributed by atoms with E-state index in [9.17, 15) is 4.79 Å². The molecule has 5 heteroatoms. The second-order valence-electron chi connectivity index (χ2n) is 7.86. The predicted molar refractivity (Wildman–Crippen MR) is 110 cm³/mol. The molecule has 2 fully saturated rings. The van der Waals surface area contributed by atoms with Crippen molar-refractivity contribution in [3.63, 3.8) is 0 Å². The Bertz CT molecular complexity index is 900. The van der Waals surface area contributed by atoms with E-state index in [-0.39, 0.29) is 29.7 Å². The minimum Gasteiger partial charge on any atom is -0.469 e. The molecular formula is C22H23Cl2NO2. The van der Waals surface area contributed by atoms with E-state index in [2.05, 4.69) is 29.6 Å². The zero-order chi connectivity index (χ0) is 17.9. The number of carbonyl (C=O) groups is 1. The minimum absolute atomic E-state index is 0. The number of carbonyl (C=O) groups excluding carboxylic acids is 1. The van der Waals surface area contributed by atoms with Crippen LogP contribution in [0.5, 0.6) is 0 Å². The molecule has 3 aliphatic carbocycles. The van der Waals surface area contributed by atoms with Gasteiger partial charge in [0.1, 0.15) is 0 Å². The number of methoxy groups -OCH3 is 1. The number of ether oxygens (including phenoxy) is 1. The lowest BCUT2D eigenvalue weighted by Crippen LogP contribution is -2.52. The van der Waals surface area contributed by atoms with Crippen LogP contribution >= 0.6 is 24.0 Å². The number of esters is 1. The number of nitrogens with one attached hydrogen (secondary N) is 1. The van der Waals surface area contributed by atoms with Gasteiger partial charge in [-0.25, -0.2) is 0 Å². The molecule has 3 nitrogen and oxygen atoms in total. The summed E-state index contributed by atoms with van der Waals surface area (Å²) in [6.45, 7) is 1.64. The monoisotopic (exact) mass is 403 g/mol. The molecule has 1 saturated heterocycles. The maximum absolute atomic E-state index is 12.8. The molecule has 2 aromatic rings. The Morgan fingerprint density at radius 2 is 1.96 bits per heavy atom. The average molecular weight is 404 g/mol. The molecule has 1 aliphatic heterocycles. The molecule has 27 heavy (non-hydrogen) atoms. The van der Waals surface area contributed by atoms with Crippen LogP contribution in [0.1, 0.15) is 35.8 Å². The molecule has 2 bridgehead atoms. The Kier molecular flexibility index (Phi) is 4.74.